The molecule has 0 spiro atoms. The van der Waals surface area contributed by atoms with E-state index in [4.69, 9.17) is 9.97 Å². The van der Waals surface area contributed by atoms with Crippen LogP contribution in [0.2, 0.25) is 0 Å². The summed E-state index contributed by atoms with van der Waals surface area (Å²) in [6.45, 7) is 0. The van der Waals surface area contributed by atoms with Gasteiger partial charge in [0.15, 0.2) is 0 Å². The summed E-state index contributed by atoms with van der Waals surface area (Å²) < 4.78 is 4.55. The van der Waals surface area contributed by atoms with Crippen molar-refractivity contribution in [2.45, 2.75) is 0 Å². The molecule has 4 aromatic carbocycles. The Morgan fingerprint density at radius 2 is 0.818 bits per heavy atom. The first-order valence-electron chi connectivity index (χ1n) is 14.7. The van der Waals surface area contributed by atoms with Crippen molar-refractivity contribution in [3.8, 4) is 34.2 Å². The Morgan fingerprint density at radius 3 is 1.34 bits per heavy atom. The number of para-hydroxylation sites is 3. The van der Waals surface area contributed by atoms with Gasteiger partial charge in [0.25, 0.3) is 0 Å². The van der Waals surface area contributed by atoms with Crippen molar-refractivity contribution < 1.29 is 0 Å². The Bertz CT molecular complexity index is 2440. The first kappa shape index (κ1) is 24.5. The van der Waals surface area contributed by atoms with Crippen LogP contribution in [0.4, 0.5) is 0 Å². The van der Waals surface area contributed by atoms with Crippen LogP contribution in [0.3, 0.4) is 0 Å². The minimum atomic E-state index is 0.828. The number of aromatic nitrogens is 5. The average Bonchev–Trinajstić information content (AvgIpc) is 3.61. The van der Waals surface area contributed by atoms with Gasteiger partial charge in [-0.1, -0.05) is 78.9 Å². The van der Waals surface area contributed by atoms with Gasteiger partial charge in [0.05, 0.1) is 33.5 Å². The van der Waals surface area contributed by atoms with Crippen molar-refractivity contribution in [1.29, 1.82) is 0 Å². The van der Waals surface area contributed by atoms with Gasteiger partial charge < -0.3 is 0 Å². The van der Waals surface area contributed by atoms with E-state index < -0.39 is 0 Å². The van der Waals surface area contributed by atoms with Crippen molar-refractivity contribution in [1.82, 2.24) is 24.1 Å². The van der Waals surface area contributed by atoms with Gasteiger partial charge in [0, 0.05) is 45.1 Å². The number of benzene rings is 4. The number of rotatable bonds is 4. The third-order valence-corrected chi connectivity index (χ3v) is 8.43. The molecule has 0 N–H and O–H groups in total. The average molecular weight is 564 g/mol. The Morgan fingerprint density at radius 1 is 0.364 bits per heavy atom. The summed E-state index contributed by atoms with van der Waals surface area (Å²) in [4.78, 5) is 14.8. The molecule has 9 aromatic rings. The van der Waals surface area contributed by atoms with Gasteiger partial charge in [-0.15, -0.1) is 0 Å². The molecule has 9 rings (SSSR count). The van der Waals surface area contributed by atoms with Crippen LogP contribution >= 0.6 is 0 Å². The number of hydrogen-bond donors (Lipinski definition) is 0. The van der Waals surface area contributed by atoms with Gasteiger partial charge in [-0.25, -0.2) is 4.98 Å². The molecule has 0 radical (unpaired) electrons. The van der Waals surface area contributed by atoms with E-state index in [2.05, 4.69) is 129 Å². The largest absolute Gasteiger partial charge is 0.294 e. The summed E-state index contributed by atoms with van der Waals surface area (Å²) >= 11 is 0. The summed E-state index contributed by atoms with van der Waals surface area (Å²) in [6, 6.07) is 48.6. The molecule has 206 valence electrons. The highest BCUT2D eigenvalue weighted by Gasteiger charge is 2.19. The Kier molecular flexibility index (Phi) is 5.43. The van der Waals surface area contributed by atoms with Gasteiger partial charge in [-0.05, 0) is 60.7 Å². The lowest BCUT2D eigenvalue weighted by molar-refractivity contribution is 1.01. The summed E-state index contributed by atoms with van der Waals surface area (Å²) in [7, 11) is 0. The normalized spacial score (nSPS) is 11.6. The standard InChI is InChI=1S/C39H25N5/c1-4-16-34-28(11-1)29-12-2-5-17-35(29)43(34)38-24-27(33-15-8-10-22-41-33)25-39(42-38)44-36-18-6-3-13-30(36)31-20-19-26(23-37(31)44)32-14-7-9-21-40-32/h1-25H. The first-order chi connectivity index (χ1) is 21.8. The molecule has 0 aliphatic heterocycles. The maximum atomic E-state index is 5.43. The zero-order valence-corrected chi connectivity index (χ0v) is 23.7. The van der Waals surface area contributed by atoms with Crippen LogP contribution in [-0.4, -0.2) is 24.1 Å². The molecular formula is C39H25N5. The molecule has 5 nitrogen and oxygen atoms in total. The Hall–Kier alpha value is -6.07. The zero-order valence-electron chi connectivity index (χ0n) is 23.7. The van der Waals surface area contributed by atoms with Crippen LogP contribution < -0.4 is 0 Å². The minimum absolute atomic E-state index is 0.828. The van der Waals surface area contributed by atoms with Gasteiger partial charge in [-0.3, -0.25) is 19.1 Å². The maximum Gasteiger partial charge on any atom is 0.140 e. The lowest BCUT2D eigenvalue weighted by Gasteiger charge is -2.14. The van der Waals surface area contributed by atoms with Crippen molar-refractivity contribution >= 4 is 43.6 Å². The molecule has 0 unspecified atom stereocenters. The molecule has 0 fully saturated rings. The molecule has 0 saturated carbocycles. The van der Waals surface area contributed by atoms with Gasteiger partial charge in [-0.2, -0.15) is 0 Å². The quantitative estimate of drug-likeness (QED) is 0.214. The first-order valence-corrected chi connectivity index (χ1v) is 14.7. The molecule has 0 atom stereocenters. The molecule has 5 aromatic heterocycles. The molecule has 5 heterocycles. The zero-order chi connectivity index (χ0) is 29.0. The highest BCUT2D eigenvalue weighted by molar-refractivity contribution is 6.11. The molecule has 5 heteroatoms. The molecule has 44 heavy (non-hydrogen) atoms. The predicted octanol–water partition coefficient (Wildman–Crippen LogP) is 9.40. The van der Waals surface area contributed by atoms with Crippen molar-refractivity contribution in [3.05, 3.63) is 152 Å². The van der Waals surface area contributed by atoms with Crippen LogP contribution in [0.25, 0.3) is 77.8 Å². The number of nitrogens with zero attached hydrogens (tertiary/aromatic N) is 5. The monoisotopic (exact) mass is 563 g/mol. The van der Waals surface area contributed by atoms with Crippen LogP contribution in [0.15, 0.2) is 152 Å². The maximum absolute atomic E-state index is 5.43. The molecule has 0 saturated heterocycles. The fourth-order valence-electron chi connectivity index (χ4n) is 6.49. The second-order valence-electron chi connectivity index (χ2n) is 11.0. The molecule has 0 bridgehead atoms. The summed E-state index contributed by atoms with van der Waals surface area (Å²) in [5, 5.41) is 4.75. The van der Waals surface area contributed by atoms with E-state index >= 15 is 0 Å². The van der Waals surface area contributed by atoms with Crippen LogP contribution in [0, 0.1) is 0 Å². The number of hydrogen-bond acceptors (Lipinski definition) is 3. The van der Waals surface area contributed by atoms with E-state index in [1.807, 2.05) is 36.7 Å². The topological polar surface area (TPSA) is 48.5 Å². The third-order valence-electron chi connectivity index (χ3n) is 8.43. The van der Waals surface area contributed by atoms with Gasteiger partial charge in [0.1, 0.15) is 11.6 Å². The van der Waals surface area contributed by atoms with E-state index in [0.29, 0.717) is 0 Å². The van der Waals surface area contributed by atoms with Gasteiger partial charge >= 0.3 is 0 Å². The summed E-state index contributed by atoms with van der Waals surface area (Å²) in [6.07, 6.45) is 3.68. The number of fused-ring (bicyclic) bond motifs is 6. The van der Waals surface area contributed by atoms with E-state index in [0.717, 1.165) is 56.2 Å². The van der Waals surface area contributed by atoms with Crippen molar-refractivity contribution in [2.75, 3.05) is 0 Å². The Labute approximate surface area is 253 Å². The summed E-state index contributed by atoms with van der Waals surface area (Å²) in [5.74, 6) is 1.67. The smallest absolute Gasteiger partial charge is 0.140 e. The SMILES string of the molecule is c1ccc(-c2cc(-n3c4ccccc4c4ccccc43)nc(-n3c4ccccc4c4ccc(-c5ccccn5)cc43)c2)nc1. The number of pyridine rings is 3. The van der Waals surface area contributed by atoms with E-state index in [1.165, 1.54) is 21.5 Å². The molecular weight excluding hydrogens is 538 g/mol. The van der Waals surface area contributed by atoms with E-state index in [9.17, 15) is 0 Å². The third kappa shape index (κ3) is 3.76. The molecule has 0 aliphatic carbocycles. The van der Waals surface area contributed by atoms with Crippen molar-refractivity contribution in [3.63, 3.8) is 0 Å². The predicted molar refractivity (Wildman–Crippen MR) is 179 cm³/mol. The fraction of sp³-hybridized carbons (Fsp3) is 0. The Balaban J connectivity index is 1.39. The second kappa shape index (κ2) is 9.75. The molecule has 0 aliphatic rings. The summed E-state index contributed by atoms with van der Waals surface area (Å²) in [5.41, 5.74) is 8.30. The highest BCUT2D eigenvalue weighted by atomic mass is 15.1. The molecule has 0 amide bonds. The highest BCUT2D eigenvalue weighted by Crippen LogP contribution is 2.37. The minimum Gasteiger partial charge on any atom is -0.294 e. The second-order valence-corrected chi connectivity index (χ2v) is 11.0. The van der Waals surface area contributed by atoms with Gasteiger partial charge in [0.2, 0.25) is 0 Å². The lowest BCUT2D eigenvalue weighted by atomic mass is 10.1. The van der Waals surface area contributed by atoms with Crippen LogP contribution in [-0.2, 0) is 0 Å². The lowest BCUT2D eigenvalue weighted by Crippen LogP contribution is -2.04. The van der Waals surface area contributed by atoms with Crippen LogP contribution in [0.1, 0.15) is 0 Å². The van der Waals surface area contributed by atoms with Crippen LogP contribution in [0.5, 0.6) is 0 Å². The van der Waals surface area contributed by atoms with E-state index in [1.54, 1.807) is 0 Å². The van der Waals surface area contributed by atoms with Crippen molar-refractivity contribution in [2.24, 2.45) is 0 Å². The fourth-order valence-corrected chi connectivity index (χ4v) is 6.49. The van der Waals surface area contributed by atoms with E-state index in [-0.39, 0.29) is 0 Å².